The first-order valence-corrected chi connectivity index (χ1v) is 44.2. The molecule has 698 valence electrons. The zero-order valence-electron chi connectivity index (χ0n) is 75.6. The van der Waals surface area contributed by atoms with Gasteiger partial charge in [-0.15, -0.1) is 0 Å². The smallest absolute Gasteiger partial charge is 0.338 e. The number of hydrogen-bond donors (Lipinski definition) is 13. The highest BCUT2D eigenvalue weighted by atomic mass is 16.6. The van der Waals surface area contributed by atoms with E-state index < -0.39 is 220 Å². The number of amides is 7. The van der Waals surface area contributed by atoms with Gasteiger partial charge >= 0.3 is 35.8 Å². The van der Waals surface area contributed by atoms with Gasteiger partial charge in [0.2, 0.25) is 35.4 Å². The van der Waals surface area contributed by atoms with Gasteiger partial charge in [-0.1, -0.05) is 202 Å². The summed E-state index contributed by atoms with van der Waals surface area (Å²) in [5, 5.41) is 77.3. The fourth-order valence-electron chi connectivity index (χ4n) is 19.1. The molecule has 0 spiro atoms. The van der Waals surface area contributed by atoms with E-state index in [4.69, 9.17) is 23.7 Å². The quantitative estimate of drug-likeness (QED) is 0.0105. The van der Waals surface area contributed by atoms with Gasteiger partial charge in [0.15, 0.2) is 23.6 Å². The van der Waals surface area contributed by atoms with Crippen LogP contribution in [0.1, 0.15) is 195 Å². The maximum absolute atomic E-state index is 15.5. The third kappa shape index (κ3) is 21.5. The largest absolute Gasteiger partial charge is 0.481 e. The number of ether oxygens (including phenoxy) is 5. The summed E-state index contributed by atoms with van der Waals surface area (Å²) in [4.78, 5) is 195. The molecule has 32 nitrogen and oxygen atoms in total. The molecule has 0 unspecified atom stereocenters. The summed E-state index contributed by atoms with van der Waals surface area (Å²) >= 11 is 0. The van der Waals surface area contributed by atoms with Gasteiger partial charge in [0.1, 0.15) is 60.2 Å². The fourth-order valence-corrected chi connectivity index (χ4v) is 19.1. The highest BCUT2D eigenvalue weighted by Gasteiger charge is 2.78. The van der Waals surface area contributed by atoms with Gasteiger partial charge in [-0.2, -0.15) is 0 Å². The Bertz CT molecular complexity index is 5400. The summed E-state index contributed by atoms with van der Waals surface area (Å²) in [5.41, 5.74) is -1.84. The second-order valence-corrected chi connectivity index (χ2v) is 36.0. The fraction of sp³-hybridized carbons (Fsp3) is 0.455. The van der Waals surface area contributed by atoms with E-state index in [9.17, 15) is 87.9 Å². The summed E-state index contributed by atoms with van der Waals surface area (Å²) in [7, 11) is 0. The number of benzene rings is 6. The van der Waals surface area contributed by atoms with E-state index in [0.717, 1.165) is 47.0 Å². The van der Waals surface area contributed by atoms with E-state index in [0.29, 0.717) is 36.8 Å². The van der Waals surface area contributed by atoms with E-state index in [1.807, 2.05) is 86.6 Å². The standard InChI is InChI=1S/C52H67N7O10.C47H51NO14/c1-8-29(5)44(49(65)57-41(52(68)69)25-34-27-53-38-21-15-14-18-35(34)38)59-50(66)45(30(6)9-2)58-48(64)40(26-42(61)62)55-47(63)39(24-28(3)4)56-51(67)46(54-31(7)60)43-36-19-12-10-16-32(36)22-23-33-17-11-13-20-37(33)43;1-25-31(60-43(56)36(52)35(28-16-10-7-11-17-28)48-41(54)29-18-12-8-13-19-29)23-47(57)40(61-42(55)30-20-14-9-15-21-30)38-45(6,32(51)22-33-46(38,24-58-33)62-27(3)50)39(53)37(59-26(2)49)34(25)44(47,4)5/h10-21,27-30,39-41,43-46,53H,8-9,22-26H2,1-7H3,(H,54,60)(H,55,63)(H,56,67)(H,57,65)(H,58,64)(H,59,66)(H,61,62)(H,68,69);7-21,31-33,35-38,40,51-52,57H,22-24H2,1-6H3,(H,48,54)/t29-,30-,39-,40-,41-,44-,45-,46+;31-,32-,33+,35-,36+,37+,38-,40-,45+,46-,47+/m00/s1. The topological polar surface area (TPSA) is 486 Å². The van der Waals surface area contributed by atoms with Crippen molar-refractivity contribution in [1.82, 2.24) is 42.2 Å². The molecule has 2 bridgehead atoms. The van der Waals surface area contributed by atoms with Crippen molar-refractivity contribution in [2.24, 2.45) is 34.5 Å². The number of hydrogen-bond acceptors (Lipinski definition) is 22. The third-order valence-corrected chi connectivity index (χ3v) is 26.6. The average molecular weight is 1800 g/mol. The van der Waals surface area contributed by atoms with E-state index in [1.165, 1.54) is 32.9 Å². The van der Waals surface area contributed by atoms with Gasteiger partial charge in [0.25, 0.3) is 5.91 Å². The Labute approximate surface area is 759 Å². The molecule has 19 atom stereocenters. The van der Waals surface area contributed by atoms with Crippen molar-refractivity contribution in [3.8, 4) is 0 Å². The molecule has 13 N–H and O–H groups in total. The molecule has 7 aromatic rings. The van der Waals surface area contributed by atoms with Crippen LogP contribution in [0.5, 0.6) is 0 Å². The number of aliphatic carboxylic acids is 2. The number of aliphatic hydroxyl groups is 3. The lowest BCUT2D eigenvalue weighted by atomic mass is 9.44. The molecule has 4 aliphatic carbocycles. The van der Waals surface area contributed by atoms with Crippen LogP contribution in [0.2, 0.25) is 0 Å². The summed E-state index contributed by atoms with van der Waals surface area (Å²) in [6, 6.07) is 37.6. The number of aromatic amines is 1. The third-order valence-electron chi connectivity index (χ3n) is 26.6. The number of carbonyl (C=O) groups excluding carboxylic acids is 12. The van der Waals surface area contributed by atoms with Crippen LogP contribution in [-0.4, -0.2) is 204 Å². The molecule has 32 heteroatoms. The van der Waals surface area contributed by atoms with Crippen molar-refractivity contribution in [1.29, 1.82) is 0 Å². The number of ketones is 1. The van der Waals surface area contributed by atoms with Crippen LogP contribution in [-0.2, 0) is 100 Å². The minimum Gasteiger partial charge on any atom is -0.481 e. The van der Waals surface area contributed by atoms with Gasteiger partial charge in [-0.25, -0.2) is 14.4 Å². The van der Waals surface area contributed by atoms with Crippen molar-refractivity contribution in [3.63, 3.8) is 0 Å². The second-order valence-electron chi connectivity index (χ2n) is 36.0. The van der Waals surface area contributed by atoms with Crippen molar-refractivity contribution >= 4 is 93.9 Å². The Hall–Kier alpha value is -12.8. The SMILES string of the molecule is CC(=O)O[C@H]1C(=O)[C@@]2(C)[C@H]([C@H](OC(=O)c3ccccc3)[C@]3(O)C[C@H](OC(=O)[C@H](O)[C@@H](NC(=O)c4ccccc4)c4ccccc4)C(C)=C1C3(C)C)[C@]1(OC(C)=O)CO[C@@H]1C[C@@H]2O.CC[C@H](C)[C@H](NC(=O)[C@H](CC(=O)O)NC(=O)[C@H](CC(C)C)NC(=O)[C@H](NC(C)=O)C1c2ccccc2CCc2ccccc21)C(=O)N[C@H](C(=O)N[C@@H](Cc1c[nH]c2ccccc12)C(=O)O)[C@@H](C)CC. The number of rotatable bonds is 33. The molecule has 2 heterocycles. The number of Topliss-reactive ketones (excluding diaryl/α,β-unsaturated/α-hetero) is 1. The molecule has 2 saturated carbocycles. The molecule has 12 rings (SSSR count). The van der Waals surface area contributed by atoms with Crippen molar-refractivity contribution < 1.29 is 116 Å². The van der Waals surface area contributed by atoms with Crippen LogP contribution in [0.4, 0.5) is 0 Å². The number of H-pyrrole nitrogens is 1. The van der Waals surface area contributed by atoms with Gasteiger partial charge in [-0.3, -0.25) is 52.7 Å². The van der Waals surface area contributed by atoms with Gasteiger partial charge < -0.3 is 91.4 Å². The van der Waals surface area contributed by atoms with Crippen LogP contribution in [0.15, 0.2) is 181 Å². The van der Waals surface area contributed by atoms with Crippen molar-refractivity contribution in [2.45, 2.75) is 244 Å². The Balaban J connectivity index is 0.000000254. The highest BCUT2D eigenvalue weighted by molar-refractivity contribution is 6.00. The first-order valence-electron chi connectivity index (χ1n) is 44.2. The van der Waals surface area contributed by atoms with Crippen LogP contribution in [0.3, 0.4) is 0 Å². The van der Waals surface area contributed by atoms with E-state index >= 15 is 4.79 Å². The zero-order chi connectivity index (χ0) is 95.5. The predicted molar refractivity (Wildman–Crippen MR) is 477 cm³/mol. The summed E-state index contributed by atoms with van der Waals surface area (Å²) in [6.07, 6.45) is -7.51. The maximum atomic E-state index is 15.5. The molecule has 1 aromatic heterocycles. The first-order chi connectivity index (χ1) is 62.1. The summed E-state index contributed by atoms with van der Waals surface area (Å²) in [5.74, 6) is -16.0. The second kappa shape index (κ2) is 42.0. The molecule has 5 aliphatic rings. The monoisotopic (exact) mass is 1800 g/mol. The maximum Gasteiger partial charge on any atom is 0.338 e. The molecule has 3 fully saturated rings. The van der Waals surface area contributed by atoms with Crippen LogP contribution >= 0.6 is 0 Å². The normalized spacial score (nSPS) is 23.4. The lowest BCUT2D eigenvalue weighted by Gasteiger charge is -2.67. The molecule has 6 aromatic carbocycles. The van der Waals surface area contributed by atoms with Crippen LogP contribution in [0.25, 0.3) is 10.9 Å². The molecule has 0 radical (unpaired) electrons. The number of carboxylic acids is 2. The number of carboxylic acid groups (broad SMARTS) is 2. The Morgan fingerprint density at radius 1 is 0.595 bits per heavy atom. The summed E-state index contributed by atoms with van der Waals surface area (Å²) < 4.78 is 30.3. The summed E-state index contributed by atoms with van der Waals surface area (Å²) in [6.45, 7) is 19.9. The number of esters is 4. The minimum atomic E-state index is -2.39. The molecule has 1 saturated heterocycles. The Kier molecular flexibility index (Phi) is 31.7. The number of aliphatic hydroxyl groups excluding tert-OH is 2. The number of para-hydroxylation sites is 1. The highest BCUT2D eigenvalue weighted by Crippen LogP contribution is 2.65. The average Bonchev–Trinajstić information content (AvgIpc) is 1.25. The number of fused-ring (bicyclic) bond motifs is 8. The number of aromatic nitrogens is 1. The predicted octanol–water partition coefficient (Wildman–Crippen LogP) is 8.00. The van der Waals surface area contributed by atoms with E-state index in [1.54, 1.807) is 127 Å². The van der Waals surface area contributed by atoms with Gasteiger partial charge in [0, 0.05) is 74.0 Å². The zero-order valence-corrected chi connectivity index (χ0v) is 75.6. The van der Waals surface area contributed by atoms with Crippen molar-refractivity contribution in [3.05, 3.63) is 226 Å². The molecule has 1 aliphatic heterocycles. The van der Waals surface area contributed by atoms with Crippen molar-refractivity contribution in [2.75, 3.05) is 6.61 Å². The van der Waals surface area contributed by atoms with E-state index in [-0.39, 0.29) is 54.1 Å². The lowest BCUT2D eigenvalue weighted by Crippen LogP contribution is -2.82. The van der Waals surface area contributed by atoms with E-state index in [2.05, 4.69) is 42.2 Å². The minimum absolute atomic E-state index is 0.00289. The molecule has 7 amide bonds. The van der Waals surface area contributed by atoms with Crippen LogP contribution < -0.4 is 37.2 Å². The number of carbonyl (C=O) groups is 14. The Morgan fingerprint density at radius 2 is 1.12 bits per heavy atom. The lowest BCUT2D eigenvalue weighted by molar-refractivity contribution is -0.346. The Morgan fingerprint density at radius 3 is 1.66 bits per heavy atom. The van der Waals surface area contributed by atoms with Crippen LogP contribution in [0, 0.1) is 34.5 Å². The number of aryl methyl sites for hydroxylation is 2. The molecular weight excluding hydrogens is 1690 g/mol. The molecular formula is C99H118N8O24. The van der Waals surface area contributed by atoms with Gasteiger partial charge in [-0.05, 0) is 126 Å². The number of nitrogens with one attached hydrogen (secondary N) is 8. The first kappa shape index (κ1) is 98.8. The molecule has 131 heavy (non-hydrogen) atoms. The van der Waals surface area contributed by atoms with Gasteiger partial charge in [0.05, 0.1) is 42.1 Å².